The standard InChI is InChI=1S/C23H26N4O6S2/c1-3-18-15-34-23(24-18)21(14-17-9-11-19(12-10-17)27(29)30)25-22(28)20(26-35(31,32)33-2)13-16-7-5-4-6-8-16/h4-12,15,20-21,26H,3,13-14H2,1-2H3,(H,25,28)/t20-,21-/m0/s1. The van der Waals surface area contributed by atoms with Gasteiger partial charge in [-0.1, -0.05) is 49.4 Å². The van der Waals surface area contributed by atoms with Gasteiger partial charge in [-0.3, -0.25) is 19.1 Å². The maximum Gasteiger partial charge on any atom is 0.336 e. The van der Waals surface area contributed by atoms with E-state index < -0.39 is 33.2 Å². The zero-order chi connectivity index (χ0) is 25.4. The zero-order valence-electron chi connectivity index (χ0n) is 19.2. The summed E-state index contributed by atoms with van der Waals surface area (Å²) < 4.78 is 31.0. The summed E-state index contributed by atoms with van der Waals surface area (Å²) in [5, 5.41) is 16.4. The van der Waals surface area contributed by atoms with Crippen molar-refractivity contribution in [1.82, 2.24) is 15.0 Å². The number of benzene rings is 2. The summed E-state index contributed by atoms with van der Waals surface area (Å²) in [5.41, 5.74) is 2.36. The van der Waals surface area contributed by atoms with Crippen molar-refractivity contribution in [2.75, 3.05) is 7.11 Å². The molecule has 1 heterocycles. The summed E-state index contributed by atoms with van der Waals surface area (Å²) >= 11 is 1.39. The van der Waals surface area contributed by atoms with Crippen LogP contribution in [0.2, 0.25) is 0 Å². The summed E-state index contributed by atoms with van der Waals surface area (Å²) in [6, 6.07) is 13.4. The van der Waals surface area contributed by atoms with Gasteiger partial charge >= 0.3 is 10.3 Å². The zero-order valence-corrected chi connectivity index (χ0v) is 20.8. The van der Waals surface area contributed by atoms with Gasteiger partial charge in [-0.05, 0) is 30.4 Å². The van der Waals surface area contributed by atoms with E-state index in [2.05, 4.69) is 19.2 Å². The number of nitro groups is 1. The van der Waals surface area contributed by atoms with Gasteiger partial charge in [-0.25, -0.2) is 4.98 Å². The highest BCUT2D eigenvalue weighted by Gasteiger charge is 2.28. The maximum atomic E-state index is 13.3. The number of carbonyl (C=O) groups is 1. The van der Waals surface area contributed by atoms with Crippen LogP contribution < -0.4 is 10.0 Å². The van der Waals surface area contributed by atoms with Gasteiger partial charge in [0.05, 0.1) is 23.8 Å². The second kappa shape index (κ2) is 12.0. The summed E-state index contributed by atoms with van der Waals surface area (Å²) in [5.74, 6) is -0.547. The Labute approximate surface area is 207 Å². The fraction of sp³-hybridized carbons (Fsp3) is 0.304. The molecule has 0 aliphatic heterocycles. The van der Waals surface area contributed by atoms with Gasteiger partial charge < -0.3 is 5.32 Å². The van der Waals surface area contributed by atoms with Crippen LogP contribution in [0.15, 0.2) is 60.0 Å². The lowest BCUT2D eigenvalue weighted by molar-refractivity contribution is -0.384. The van der Waals surface area contributed by atoms with Crippen LogP contribution in [0.25, 0.3) is 0 Å². The number of amides is 1. The Balaban J connectivity index is 1.87. The van der Waals surface area contributed by atoms with Gasteiger partial charge in [0.25, 0.3) is 5.69 Å². The Bertz CT molecular complexity index is 1250. The first-order chi connectivity index (χ1) is 16.7. The van der Waals surface area contributed by atoms with Crippen molar-refractivity contribution in [3.05, 3.63) is 91.9 Å². The Hall–Kier alpha value is -3.19. The predicted molar refractivity (Wildman–Crippen MR) is 132 cm³/mol. The minimum absolute atomic E-state index is 0.0336. The van der Waals surface area contributed by atoms with Crippen molar-refractivity contribution < 1.29 is 22.3 Å². The molecule has 186 valence electrons. The second-order valence-electron chi connectivity index (χ2n) is 7.70. The number of carbonyl (C=O) groups excluding carboxylic acids is 1. The van der Waals surface area contributed by atoms with E-state index >= 15 is 0 Å². The van der Waals surface area contributed by atoms with Crippen molar-refractivity contribution in [2.24, 2.45) is 0 Å². The molecule has 0 radical (unpaired) electrons. The lowest BCUT2D eigenvalue weighted by Crippen LogP contribution is -2.49. The molecule has 3 rings (SSSR count). The molecular formula is C23H26N4O6S2. The third-order valence-electron chi connectivity index (χ3n) is 5.24. The van der Waals surface area contributed by atoms with Gasteiger partial charge in [-0.15, -0.1) is 11.3 Å². The summed E-state index contributed by atoms with van der Waals surface area (Å²) in [4.78, 5) is 28.4. The van der Waals surface area contributed by atoms with Crippen molar-refractivity contribution >= 4 is 33.2 Å². The van der Waals surface area contributed by atoms with E-state index in [-0.39, 0.29) is 12.1 Å². The quantitative estimate of drug-likeness (QED) is 0.277. The van der Waals surface area contributed by atoms with Crippen molar-refractivity contribution in [1.29, 1.82) is 0 Å². The third kappa shape index (κ3) is 7.65. The van der Waals surface area contributed by atoms with E-state index in [9.17, 15) is 23.3 Å². The molecule has 35 heavy (non-hydrogen) atoms. The molecule has 1 amide bonds. The Kier molecular flexibility index (Phi) is 9.04. The van der Waals surface area contributed by atoms with Crippen LogP contribution in [0, 0.1) is 10.1 Å². The van der Waals surface area contributed by atoms with E-state index in [1.54, 1.807) is 36.4 Å². The predicted octanol–water partition coefficient (Wildman–Crippen LogP) is 3.11. The largest absolute Gasteiger partial charge is 0.345 e. The lowest BCUT2D eigenvalue weighted by atomic mass is 10.0. The van der Waals surface area contributed by atoms with E-state index in [0.717, 1.165) is 30.4 Å². The number of nitro benzene ring substituents is 1. The first-order valence-electron chi connectivity index (χ1n) is 10.8. The first kappa shape index (κ1) is 26.4. The molecule has 0 unspecified atom stereocenters. The van der Waals surface area contributed by atoms with Gasteiger partial charge in [0, 0.05) is 17.5 Å². The minimum atomic E-state index is -4.14. The van der Waals surface area contributed by atoms with Crippen LogP contribution >= 0.6 is 11.3 Å². The molecule has 2 aromatic carbocycles. The summed E-state index contributed by atoms with van der Waals surface area (Å²) in [6.07, 6.45) is 1.14. The Morgan fingerprint density at radius 1 is 1.11 bits per heavy atom. The van der Waals surface area contributed by atoms with Crippen molar-refractivity contribution in [3.63, 3.8) is 0 Å². The topological polar surface area (TPSA) is 141 Å². The van der Waals surface area contributed by atoms with Crippen LogP contribution in [0.3, 0.4) is 0 Å². The highest BCUT2D eigenvalue weighted by atomic mass is 32.2. The van der Waals surface area contributed by atoms with Gasteiger partial charge in [0.15, 0.2) is 0 Å². The van der Waals surface area contributed by atoms with Crippen molar-refractivity contribution in [2.45, 2.75) is 38.3 Å². The fourth-order valence-electron chi connectivity index (χ4n) is 3.37. The van der Waals surface area contributed by atoms with Crippen LogP contribution in [-0.2, 0) is 38.5 Å². The van der Waals surface area contributed by atoms with E-state index in [1.165, 1.54) is 23.5 Å². The van der Waals surface area contributed by atoms with Crippen LogP contribution in [-0.4, -0.2) is 37.4 Å². The Morgan fingerprint density at radius 2 is 1.77 bits per heavy atom. The molecule has 0 bridgehead atoms. The molecule has 0 aliphatic carbocycles. The highest BCUT2D eigenvalue weighted by Crippen LogP contribution is 2.24. The molecule has 2 atom stereocenters. The monoisotopic (exact) mass is 518 g/mol. The van der Waals surface area contributed by atoms with Gasteiger partial charge in [0.2, 0.25) is 5.91 Å². The molecule has 2 N–H and O–H groups in total. The number of non-ortho nitro benzene ring substituents is 1. The molecule has 0 fully saturated rings. The smallest absolute Gasteiger partial charge is 0.336 e. The number of hydrogen-bond donors (Lipinski definition) is 2. The minimum Gasteiger partial charge on any atom is -0.345 e. The number of aromatic nitrogens is 1. The second-order valence-corrected chi connectivity index (χ2v) is 10.1. The van der Waals surface area contributed by atoms with Crippen LogP contribution in [0.5, 0.6) is 0 Å². The van der Waals surface area contributed by atoms with Gasteiger partial charge in [-0.2, -0.15) is 13.1 Å². The van der Waals surface area contributed by atoms with Gasteiger partial charge in [0.1, 0.15) is 11.0 Å². The number of hydrogen-bond acceptors (Lipinski definition) is 8. The number of aryl methyl sites for hydroxylation is 1. The number of nitrogens with one attached hydrogen (secondary N) is 2. The first-order valence-corrected chi connectivity index (χ1v) is 13.1. The molecule has 10 nitrogen and oxygen atoms in total. The van der Waals surface area contributed by atoms with E-state index in [1.807, 2.05) is 18.4 Å². The van der Waals surface area contributed by atoms with Crippen LogP contribution in [0.4, 0.5) is 5.69 Å². The molecule has 0 saturated carbocycles. The number of thiazole rings is 1. The highest BCUT2D eigenvalue weighted by molar-refractivity contribution is 7.84. The van der Waals surface area contributed by atoms with Crippen molar-refractivity contribution in [3.8, 4) is 0 Å². The molecule has 12 heteroatoms. The number of rotatable bonds is 12. The SMILES string of the molecule is CCc1csc([C@H](Cc2ccc([N+](=O)[O-])cc2)NC(=O)[C@H](Cc2ccccc2)NS(=O)(=O)OC)n1. The number of nitrogens with zero attached hydrogens (tertiary/aromatic N) is 2. The fourth-order valence-corrected chi connectivity index (χ4v) is 4.95. The molecule has 0 saturated heterocycles. The average molecular weight is 519 g/mol. The van der Waals surface area contributed by atoms with E-state index in [0.29, 0.717) is 11.4 Å². The van der Waals surface area contributed by atoms with E-state index in [4.69, 9.17) is 0 Å². The average Bonchev–Trinajstić information content (AvgIpc) is 3.33. The molecular weight excluding hydrogens is 492 g/mol. The Morgan fingerprint density at radius 3 is 2.34 bits per heavy atom. The lowest BCUT2D eigenvalue weighted by Gasteiger charge is -2.22. The molecule has 1 aromatic heterocycles. The summed E-state index contributed by atoms with van der Waals surface area (Å²) in [6.45, 7) is 1.97. The van der Waals surface area contributed by atoms with Crippen LogP contribution in [0.1, 0.15) is 34.8 Å². The molecule has 3 aromatic rings. The maximum absolute atomic E-state index is 13.3. The summed E-state index contributed by atoms with van der Waals surface area (Å²) in [7, 11) is -3.13. The normalized spacial score (nSPS) is 13.2. The molecule has 0 spiro atoms. The third-order valence-corrected chi connectivity index (χ3v) is 7.26. The molecule has 0 aliphatic rings.